The smallest absolute Gasteiger partial charge is 0.496 e. The van der Waals surface area contributed by atoms with Crippen LogP contribution < -0.4 is 0 Å². The predicted octanol–water partition coefficient (Wildman–Crippen LogP) is -0.247. The van der Waals surface area contributed by atoms with E-state index in [1.165, 1.54) is 6.42 Å². The van der Waals surface area contributed by atoms with E-state index in [1.807, 2.05) is 0 Å². The van der Waals surface area contributed by atoms with E-state index in [2.05, 4.69) is 6.92 Å². The van der Waals surface area contributed by atoms with Crippen LogP contribution in [0.15, 0.2) is 12.2 Å². The van der Waals surface area contributed by atoms with Crippen LogP contribution >= 0.6 is 0 Å². The maximum absolute atomic E-state index is 11.4. The minimum absolute atomic E-state index is 0. The number of aliphatic carboxylic acids is 2. The molecule has 0 aromatic heterocycles. The van der Waals surface area contributed by atoms with Gasteiger partial charge in [0.15, 0.2) is 0 Å². The van der Waals surface area contributed by atoms with Crippen molar-refractivity contribution in [1.29, 1.82) is 0 Å². The van der Waals surface area contributed by atoms with Crippen LogP contribution in [-0.4, -0.2) is 59.0 Å². The number of ether oxygens (including phenoxy) is 3. The monoisotopic (exact) mass is 566 g/mol. The molecule has 2 N–H and O–H groups in total. The zero-order valence-corrected chi connectivity index (χ0v) is 16.7. The van der Waals surface area contributed by atoms with Crippen LogP contribution in [0.1, 0.15) is 12.8 Å². The molecule has 24 heavy (non-hydrogen) atoms. The first-order valence-electron chi connectivity index (χ1n) is 6.60. The van der Waals surface area contributed by atoms with Gasteiger partial charge in [0, 0.05) is 18.3 Å². The first-order chi connectivity index (χ1) is 10.8. The molecule has 130 valence electrons. The molecule has 1 heterocycles. The average Bonchev–Trinajstić information content (AvgIpc) is 2.91. The van der Waals surface area contributed by atoms with Gasteiger partial charge in [-0.2, -0.15) is 0 Å². The number of hydrogen-bond acceptors (Lipinski definition) is 7. The summed E-state index contributed by atoms with van der Waals surface area (Å²) in [6, 6.07) is 0. The molecule has 0 amide bonds. The summed E-state index contributed by atoms with van der Waals surface area (Å²) in [5.74, 6) is -3.98. The number of carbonyl (C=O) groups excluding carboxylic acids is 2. The Labute approximate surface area is 161 Å². The van der Waals surface area contributed by atoms with Crippen molar-refractivity contribution in [3.05, 3.63) is 25.5 Å². The summed E-state index contributed by atoms with van der Waals surface area (Å²) in [6.07, 6.45) is -0.147. The SMILES string of the molecule is [CH2-][C@@H](OC(=O)CCC(=O)O)[C@@H]1[CH-][C@@H](OC(=O)/C=C\C(=O)O)CO1.[U+2]. The van der Waals surface area contributed by atoms with E-state index in [0.717, 1.165) is 6.08 Å². The molecule has 9 nitrogen and oxygen atoms in total. The van der Waals surface area contributed by atoms with Gasteiger partial charge in [-0.15, -0.1) is 0 Å². The molecule has 3 atom stereocenters. The zero-order valence-electron chi connectivity index (χ0n) is 12.5. The molecule has 1 fully saturated rings. The van der Waals surface area contributed by atoms with Gasteiger partial charge in [0.1, 0.15) is 0 Å². The summed E-state index contributed by atoms with van der Waals surface area (Å²) in [7, 11) is 0. The summed E-state index contributed by atoms with van der Waals surface area (Å²) < 4.78 is 15.1. The maximum atomic E-state index is 11.4. The molecule has 0 aromatic rings. The maximum Gasteiger partial charge on any atom is 2.00 e. The molecule has 0 aromatic carbocycles. The fourth-order valence-electron chi connectivity index (χ4n) is 1.66. The van der Waals surface area contributed by atoms with E-state index < -0.39 is 42.2 Å². The van der Waals surface area contributed by atoms with E-state index >= 15 is 0 Å². The van der Waals surface area contributed by atoms with Crippen LogP contribution in [0.2, 0.25) is 0 Å². The first-order valence-corrected chi connectivity index (χ1v) is 6.60. The van der Waals surface area contributed by atoms with Crippen molar-refractivity contribution in [3.63, 3.8) is 0 Å². The van der Waals surface area contributed by atoms with Crippen LogP contribution in [0.4, 0.5) is 0 Å². The average molecular weight is 566 g/mol. The van der Waals surface area contributed by atoms with Crippen molar-refractivity contribution >= 4 is 23.9 Å². The van der Waals surface area contributed by atoms with E-state index in [-0.39, 0.29) is 50.6 Å². The number of carbonyl (C=O) groups is 4. The standard InChI is InChI=1S/C14H16O9.U/c1-8(22-13(19)4-2-11(15)16)10-6-9(7-21-10)23-14(20)5-3-12(17)18;/h3,5-6,8-10H,1-2,4,7H2,(H,15,16)(H,17,18);/q-2;+2/b5-3-;/t8-,9-,10+;/m1./s1. The van der Waals surface area contributed by atoms with E-state index in [9.17, 15) is 19.2 Å². The molecule has 1 aliphatic rings. The van der Waals surface area contributed by atoms with Gasteiger partial charge in [0.25, 0.3) is 0 Å². The van der Waals surface area contributed by atoms with E-state index in [1.54, 1.807) is 0 Å². The molecule has 0 saturated carbocycles. The molecule has 1 aliphatic heterocycles. The van der Waals surface area contributed by atoms with Gasteiger partial charge >= 0.3 is 55.0 Å². The van der Waals surface area contributed by atoms with E-state index in [4.69, 9.17) is 24.4 Å². The molecule has 0 spiro atoms. The Morgan fingerprint density at radius 3 is 2.50 bits per heavy atom. The van der Waals surface area contributed by atoms with Gasteiger partial charge in [-0.3, -0.25) is 16.0 Å². The molecular weight excluding hydrogens is 550 g/mol. The molecule has 0 radical (unpaired) electrons. The fourth-order valence-corrected chi connectivity index (χ4v) is 1.66. The number of esters is 2. The van der Waals surface area contributed by atoms with Crippen molar-refractivity contribution in [2.75, 3.05) is 6.61 Å². The second-order valence-corrected chi connectivity index (χ2v) is 4.56. The largest absolute Gasteiger partial charge is 2.00 e. The Bertz CT molecular complexity index is 502. The molecule has 0 unspecified atom stereocenters. The molecule has 0 aliphatic carbocycles. The topological polar surface area (TPSA) is 136 Å². The summed E-state index contributed by atoms with van der Waals surface area (Å²) in [5.41, 5.74) is 0. The van der Waals surface area contributed by atoms with Crippen molar-refractivity contribution in [2.24, 2.45) is 0 Å². The third-order valence-corrected chi connectivity index (χ3v) is 2.68. The van der Waals surface area contributed by atoms with Gasteiger partial charge in [0.2, 0.25) is 0 Å². The minimum Gasteiger partial charge on any atom is -0.496 e. The second kappa shape index (κ2) is 11.2. The third-order valence-electron chi connectivity index (χ3n) is 2.68. The predicted molar refractivity (Wildman–Crippen MR) is 72.8 cm³/mol. The van der Waals surface area contributed by atoms with Crippen LogP contribution in [0.25, 0.3) is 0 Å². The van der Waals surface area contributed by atoms with Crippen molar-refractivity contribution in [1.82, 2.24) is 0 Å². The van der Waals surface area contributed by atoms with Gasteiger partial charge in [0.05, 0.1) is 19.4 Å². The Morgan fingerprint density at radius 2 is 1.92 bits per heavy atom. The van der Waals surface area contributed by atoms with Crippen molar-refractivity contribution < 1.29 is 74.7 Å². The Morgan fingerprint density at radius 1 is 1.25 bits per heavy atom. The minimum atomic E-state index is -1.28. The van der Waals surface area contributed by atoms with Crippen LogP contribution in [0.5, 0.6) is 0 Å². The summed E-state index contributed by atoms with van der Waals surface area (Å²) in [5, 5.41) is 16.8. The van der Waals surface area contributed by atoms with Crippen LogP contribution in [0.3, 0.4) is 0 Å². The van der Waals surface area contributed by atoms with Crippen LogP contribution in [-0.2, 0) is 33.4 Å². The normalized spacial score (nSPS) is 20.9. The first kappa shape index (κ1) is 22.6. The quantitative estimate of drug-likeness (QED) is 0.232. The van der Waals surface area contributed by atoms with Gasteiger partial charge in [-0.05, 0) is 6.10 Å². The van der Waals surface area contributed by atoms with Crippen LogP contribution in [0, 0.1) is 44.5 Å². The number of carboxylic acid groups (broad SMARTS) is 2. The Hall–Kier alpha value is -1.37. The number of rotatable bonds is 8. The third kappa shape index (κ3) is 9.06. The molecule has 1 rings (SSSR count). The molecule has 10 heteroatoms. The molecule has 1 saturated heterocycles. The molecule has 0 bridgehead atoms. The Kier molecular flexibility index (Phi) is 10.6. The fraction of sp³-hybridized carbons (Fsp3) is 0.429. The van der Waals surface area contributed by atoms with Gasteiger partial charge < -0.3 is 31.3 Å². The summed E-state index contributed by atoms with van der Waals surface area (Å²) in [4.78, 5) is 43.3. The Balaban J connectivity index is 0.00000529. The summed E-state index contributed by atoms with van der Waals surface area (Å²) >= 11 is 0. The zero-order chi connectivity index (χ0) is 17.4. The molecular formula is C14H16O9U. The van der Waals surface area contributed by atoms with E-state index in [0.29, 0.717) is 6.08 Å². The van der Waals surface area contributed by atoms with Crippen molar-refractivity contribution in [3.8, 4) is 0 Å². The number of carboxylic acids is 2. The van der Waals surface area contributed by atoms with Crippen molar-refractivity contribution in [2.45, 2.75) is 31.2 Å². The second-order valence-electron chi connectivity index (χ2n) is 4.56. The van der Waals surface area contributed by atoms with Gasteiger partial charge in [-0.25, -0.2) is 9.59 Å². The van der Waals surface area contributed by atoms with Gasteiger partial charge in [-0.1, -0.05) is 6.10 Å². The number of hydrogen-bond donors (Lipinski definition) is 2. The summed E-state index contributed by atoms with van der Waals surface area (Å²) in [6.45, 7) is 3.59.